The predicted molar refractivity (Wildman–Crippen MR) is 79.5 cm³/mol. The number of carbonyl (C=O) groups is 1. The molecule has 0 radical (unpaired) electrons. The van der Waals surface area contributed by atoms with Gasteiger partial charge in [0.05, 0.1) is 22.3 Å². The van der Waals surface area contributed by atoms with E-state index in [1.165, 1.54) is 12.3 Å². The van der Waals surface area contributed by atoms with Gasteiger partial charge in [-0.1, -0.05) is 0 Å². The smallest absolute Gasteiger partial charge is 0.341 e. The number of benzene rings is 1. The van der Waals surface area contributed by atoms with Crippen LogP contribution in [-0.4, -0.2) is 24.1 Å². The fourth-order valence-electron chi connectivity index (χ4n) is 1.92. The number of ether oxygens (including phenoxy) is 1. The number of rotatable bonds is 4. The van der Waals surface area contributed by atoms with Gasteiger partial charge in [0.25, 0.3) is 0 Å². The lowest BCUT2D eigenvalue weighted by molar-refractivity contribution is 0.0527. The molecule has 1 N–H and O–H groups in total. The molecule has 2 aromatic rings. The van der Waals surface area contributed by atoms with E-state index >= 15 is 0 Å². The number of anilines is 1. The highest BCUT2D eigenvalue weighted by Crippen LogP contribution is 2.30. The highest BCUT2D eigenvalue weighted by molar-refractivity contribution is 9.10. The molecular weight excluding hydrogens is 327 g/mol. The summed E-state index contributed by atoms with van der Waals surface area (Å²) in [5.74, 6) is -0.838. The first kappa shape index (κ1) is 14.7. The molecular formula is C14H14BrFN2O2. The van der Waals surface area contributed by atoms with Gasteiger partial charge in [0, 0.05) is 24.2 Å². The predicted octanol–water partition coefficient (Wildman–Crippen LogP) is 3.74. The van der Waals surface area contributed by atoms with Crippen LogP contribution in [0, 0.1) is 5.82 Å². The van der Waals surface area contributed by atoms with Crippen molar-refractivity contribution in [1.82, 2.24) is 4.98 Å². The molecule has 106 valence electrons. The largest absolute Gasteiger partial charge is 0.462 e. The van der Waals surface area contributed by atoms with E-state index in [0.717, 1.165) is 0 Å². The van der Waals surface area contributed by atoms with Crippen molar-refractivity contribution >= 4 is 38.5 Å². The number of carbonyl (C=O) groups excluding carboxylic acids is 1. The molecule has 0 aliphatic rings. The SMILES string of the molecule is CCNc1c(C(=O)OCC)cnc2cc(F)c(Br)cc12. The lowest BCUT2D eigenvalue weighted by atomic mass is 10.1. The third-order valence-electron chi connectivity index (χ3n) is 2.76. The molecule has 2 rings (SSSR count). The topological polar surface area (TPSA) is 51.2 Å². The second-order valence-corrected chi connectivity index (χ2v) is 4.94. The molecule has 0 saturated heterocycles. The van der Waals surface area contributed by atoms with Gasteiger partial charge in [-0.15, -0.1) is 0 Å². The fourth-order valence-corrected chi connectivity index (χ4v) is 2.26. The number of pyridine rings is 1. The Hall–Kier alpha value is -1.69. The molecule has 1 aromatic carbocycles. The highest BCUT2D eigenvalue weighted by atomic mass is 79.9. The van der Waals surface area contributed by atoms with Crippen molar-refractivity contribution in [2.75, 3.05) is 18.5 Å². The minimum Gasteiger partial charge on any atom is -0.462 e. The minimum atomic E-state index is -0.446. The van der Waals surface area contributed by atoms with Crippen molar-refractivity contribution in [2.24, 2.45) is 0 Å². The number of hydrogen-bond acceptors (Lipinski definition) is 4. The van der Waals surface area contributed by atoms with E-state index in [1.807, 2.05) is 6.92 Å². The molecule has 0 amide bonds. The maximum atomic E-state index is 13.5. The van der Waals surface area contributed by atoms with E-state index in [1.54, 1.807) is 13.0 Å². The van der Waals surface area contributed by atoms with Crippen LogP contribution >= 0.6 is 15.9 Å². The Balaban J connectivity index is 2.67. The number of halogens is 2. The first-order chi connectivity index (χ1) is 9.58. The van der Waals surface area contributed by atoms with Crippen molar-refractivity contribution < 1.29 is 13.9 Å². The molecule has 0 spiro atoms. The summed E-state index contributed by atoms with van der Waals surface area (Å²) in [6, 6.07) is 2.94. The lowest BCUT2D eigenvalue weighted by Crippen LogP contribution is -2.11. The molecule has 6 heteroatoms. The van der Waals surface area contributed by atoms with Crippen LogP contribution in [-0.2, 0) is 4.74 Å². The van der Waals surface area contributed by atoms with Crippen LogP contribution < -0.4 is 5.32 Å². The molecule has 0 aliphatic heterocycles. The summed E-state index contributed by atoms with van der Waals surface area (Å²) < 4.78 is 18.9. The van der Waals surface area contributed by atoms with Crippen LogP contribution in [0.3, 0.4) is 0 Å². The Labute approximate surface area is 124 Å². The summed E-state index contributed by atoms with van der Waals surface area (Å²) in [5, 5.41) is 3.79. The summed E-state index contributed by atoms with van der Waals surface area (Å²) in [4.78, 5) is 16.1. The second kappa shape index (κ2) is 6.17. The Morgan fingerprint density at radius 1 is 1.45 bits per heavy atom. The van der Waals surface area contributed by atoms with E-state index in [4.69, 9.17) is 4.74 Å². The summed E-state index contributed by atoms with van der Waals surface area (Å²) >= 11 is 3.15. The van der Waals surface area contributed by atoms with E-state index in [2.05, 4.69) is 26.2 Å². The Morgan fingerprint density at radius 3 is 2.85 bits per heavy atom. The second-order valence-electron chi connectivity index (χ2n) is 4.08. The van der Waals surface area contributed by atoms with Crippen LogP contribution in [0.1, 0.15) is 24.2 Å². The number of esters is 1. The minimum absolute atomic E-state index is 0.287. The van der Waals surface area contributed by atoms with Crippen LogP contribution in [0.4, 0.5) is 10.1 Å². The van der Waals surface area contributed by atoms with E-state index in [0.29, 0.717) is 33.2 Å². The van der Waals surface area contributed by atoms with Crippen molar-refractivity contribution in [3.8, 4) is 0 Å². The summed E-state index contributed by atoms with van der Waals surface area (Å²) in [6.45, 7) is 4.57. The number of nitrogens with zero attached hydrogens (tertiary/aromatic N) is 1. The van der Waals surface area contributed by atoms with Gasteiger partial charge in [-0.3, -0.25) is 4.98 Å². The first-order valence-electron chi connectivity index (χ1n) is 6.27. The Kier molecular flexibility index (Phi) is 4.54. The van der Waals surface area contributed by atoms with E-state index < -0.39 is 11.8 Å². The van der Waals surface area contributed by atoms with Crippen LogP contribution in [0.5, 0.6) is 0 Å². The zero-order valence-electron chi connectivity index (χ0n) is 11.2. The highest BCUT2D eigenvalue weighted by Gasteiger charge is 2.17. The first-order valence-corrected chi connectivity index (χ1v) is 7.06. The van der Waals surface area contributed by atoms with Crippen LogP contribution in [0.15, 0.2) is 22.8 Å². The third-order valence-corrected chi connectivity index (χ3v) is 3.37. The van der Waals surface area contributed by atoms with E-state index in [9.17, 15) is 9.18 Å². The Bertz CT molecular complexity index is 661. The van der Waals surface area contributed by atoms with Crippen LogP contribution in [0.2, 0.25) is 0 Å². The molecule has 0 saturated carbocycles. The number of fused-ring (bicyclic) bond motifs is 1. The molecule has 0 unspecified atom stereocenters. The number of nitrogens with one attached hydrogen (secondary N) is 1. The van der Waals surface area contributed by atoms with Gasteiger partial charge in [0.1, 0.15) is 11.4 Å². The van der Waals surface area contributed by atoms with Gasteiger partial charge in [0.15, 0.2) is 0 Å². The fraction of sp³-hybridized carbons (Fsp3) is 0.286. The molecule has 1 aromatic heterocycles. The molecule has 1 heterocycles. The van der Waals surface area contributed by atoms with Crippen molar-refractivity contribution in [3.63, 3.8) is 0 Å². The van der Waals surface area contributed by atoms with Crippen molar-refractivity contribution in [3.05, 3.63) is 34.2 Å². The quantitative estimate of drug-likeness (QED) is 0.861. The molecule has 0 aliphatic carbocycles. The van der Waals surface area contributed by atoms with Gasteiger partial charge in [0.2, 0.25) is 0 Å². The van der Waals surface area contributed by atoms with E-state index in [-0.39, 0.29) is 6.61 Å². The Morgan fingerprint density at radius 2 is 2.20 bits per heavy atom. The van der Waals surface area contributed by atoms with Crippen molar-refractivity contribution in [2.45, 2.75) is 13.8 Å². The summed E-state index contributed by atoms with van der Waals surface area (Å²) in [5.41, 5.74) is 1.44. The molecule has 0 atom stereocenters. The molecule has 20 heavy (non-hydrogen) atoms. The number of hydrogen-bond donors (Lipinski definition) is 1. The summed E-state index contributed by atoms with van der Waals surface area (Å²) in [6.07, 6.45) is 1.41. The lowest BCUT2D eigenvalue weighted by Gasteiger charge is -2.13. The third kappa shape index (κ3) is 2.75. The monoisotopic (exact) mass is 340 g/mol. The number of aromatic nitrogens is 1. The van der Waals surface area contributed by atoms with Crippen molar-refractivity contribution in [1.29, 1.82) is 0 Å². The van der Waals surface area contributed by atoms with Gasteiger partial charge in [-0.25, -0.2) is 9.18 Å². The zero-order valence-corrected chi connectivity index (χ0v) is 12.8. The molecule has 0 fully saturated rings. The standard InChI is InChI=1S/C14H14BrFN2O2/c1-3-17-13-8-5-10(15)11(16)6-12(8)18-7-9(13)14(19)20-4-2/h5-7H,3-4H2,1-2H3,(H,17,18). The van der Waals surface area contributed by atoms with Gasteiger partial charge in [-0.05, 0) is 35.8 Å². The maximum absolute atomic E-state index is 13.5. The molecule has 4 nitrogen and oxygen atoms in total. The average molecular weight is 341 g/mol. The van der Waals surface area contributed by atoms with Gasteiger partial charge in [-0.2, -0.15) is 0 Å². The van der Waals surface area contributed by atoms with Crippen LogP contribution in [0.25, 0.3) is 10.9 Å². The average Bonchev–Trinajstić information content (AvgIpc) is 2.41. The zero-order chi connectivity index (χ0) is 14.7. The van der Waals surface area contributed by atoms with Gasteiger partial charge < -0.3 is 10.1 Å². The molecule has 0 bridgehead atoms. The van der Waals surface area contributed by atoms with Gasteiger partial charge >= 0.3 is 5.97 Å². The summed E-state index contributed by atoms with van der Waals surface area (Å²) in [7, 11) is 0. The normalized spacial score (nSPS) is 10.6. The maximum Gasteiger partial charge on any atom is 0.341 e.